The van der Waals surface area contributed by atoms with Gasteiger partial charge in [-0.25, -0.2) is 0 Å². The van der Waals surface area contributed by atoms with Crippen molar-refractivity contribution in [1.29, 1.82) is 0 Å². The SMILES string of the molecule is Cc1ccoc1C(N)CO. The van der Waals surface area contributed by atoms with Crippen molar-refractivity contribution >= 4 is 0 Å². The van der Waals surface area contributed by atoms with E-state index in [1.54, 1.807) is 6.26 Å². The van der Waals surface area contributed by atoms with E-state index in [2.05, 4.69) is 0 Å². The summed E-state index contributed by atoms with van der Waals surface area (Å²) in [5.74, 6) is 0.669. The lowest BCUT2D eigenvalue weighted by Crippen LogP contribution is -2.14. The van der Waals surface area contributed by atoms with Gasteiger partial charge in [0.2, 0.25) is 0 Å². The van der Waals surface area contributed by atoms with Crippen LogP contribution in [0.25, 0.3) is 0 Å². The van der Waals surface area contributed by atoms with Crippen LogP contribution in [0.3, 0.4) is 0 Å². The van der Waals surface area contributed by atoms with Crippen molar-refractivity contribution in [2.75, 3.05) is 6.61 Å². The molecular formula is C7H11NO2. The highest BCUT2D eigenvalue weighted by Gasteiger charge is 2.09. The topological polar surface area (TPSA) is 59.4 Å². The molecule has 0 spiro atoms. The smallest absolute Gasteiger partial charge is 0.125 e. The van der Waals surface area contributed by atoms with E-state index in [9.17, 15) is 0 Å². The van der Waals surface area contributed by atoms with Gasteiger partial charge in [0.1, 0.15) is 5.76 Å². The Kier molecular flexibility index (Phi) is 2.09. The summed E-state index contributed by atoms with van der Waals surface area (Å²) in [5, 5.41) is 8.65. The van der Waals surface area contributed by atoms with Crippen LogP contribution in [0, 0.1) is 6.92 Å². The van der Waals surface area contributed by atoms with Gasteiger partial charge in [-0.1, -0.05) is 0 Å². The van der Waals surface area contributed by atoms with E-state index in [1.807, 2.05) is 13.0 Å². The number of aliphatic hydroxyl groups excluding tert-OH is 1. The third-order valence-electron chi connectivity index (χ3n) is 1.44. The Morgan fingerprint density at radius 1 is 1.80 bits per heavy atom. The van der Waals surface area contributed by atoms with Gasteiger partial charge in [0.15, 0.2) is 0 Å². The van der Waals surface area contributed by atoms with Crippen LogP contribution in [0.2, 0.25) is 0 Å². The van der Waals surface area contributed by atoms with Gasteiger partial charge in [0.05, 0.1) is 18.9 Å². The molecule has 1 rings (SSSR count). The maximum Gasteiger partial charge on any atom is 0.125 e. The predicted molar refractivity (Wildman–Crippen MR) is 37.5 cm³/mol. The summed E-state index contributed by atoms with van der Waals surface area (Å²) in [4.78, 5) is 0. The molecule has 0 radical (unpaired) electrons. The van der Waals surface area contributed by atoms with Crippen molar-refractivity contribution in [2.24, 2.45) is 5.73 Å². The molecule has 0 saturated carbocycles. The Balaban J connectivity index is 2.82. The van der Waals surface area contributed by atoms with Crippen molar-refractivity contribution < 1.29 is 9.52 Å². The molecule has 0 aliphatic heterocycles. The zero-order valence-electron chi connectivity index (χ0n) is 5.87. The largest absolute Gasteiger partial charge is 0.467 e. The van der Waals surface area contributed by atoms with Crippen molar-refractivity contribution in [1.82, 2.24) is 0 Å². The minimum Gasteiger partial charge on any atom is -0.467 e. The molecule has 0 fully saturated rings. The second-order valence-corrected chi connectivity index (χ2v) is 2.26. The van der Waals surface area contributed by atoms with Crippen molar-refractivity contribution in [3.05, 3.63) is 23.7 Å². The fourth-order valence-corrected chi connectivity index (χ4v) is 0.847. The van der Waals surface area contributed by atoms with Crippen LogP contribution >= 0.6 is 0 Å². The highest BCUT2D eigenvalue weighted by atomic mass is 16.3. The Bertz CT molecular complexity index is 207. The van der Waals surface area contributed by atoms with Gasteiger partial charge in [0.25, 0.3) is 0 Å². The summed E-state index contributed by atoms with van der Waals surface area (Å²) >= 11 is 0. The Morgan fingerprint density at radius 2 is 2.50 bits per heavy atom. The fourth-order valence-electron chi connectivity index (χ4n) is 0.847. The molecule has 1 aromatic heterocycles. The number of rotatable bonds is 2. The Hall–Kier alpha value is -0.800. The lowest BCUT2D eigenvalue weighted by Gasteiger charge is -2.04. The minimum absolute atomic E-state index is 0.0750. The third-order valence-corrected chi connectivity index (χ3v) is 1.44. The molecule has 0 aromatic carbocycles. The van der Waals surface area contributed by atoms with Crippen LogP contribution in [0.5, 0.6) is 0 Å². The molecule has 3 heteroatoms. The van der Waals surface area contributed by atoms with E-state index in [4.69, 9.17) is 15.3 Å². The van der Waals surface area contributed by atoms with Gasteiger partial charge in [-0.2, -0.15) is 0 Å². The monoisotopic (exact) mass is 141 g/mol. The molecule has 1 unspecified atom stereocenters. The number of aliphatic hydroxyl groups is 1. The summed E-state index contributed by atoms with van der Waals surface area (Å²) in [6.07, 6.45) is 1.57. The normalized spacial score (nSPS) is 13.5. The zero-order chi connectivity index (χ0) is 7.56. The minimum atomic E-state index is -0.380. The van der Waals surface area contributed by atoms with E-state index in [1.165, 1.54) is 0 Å². The summed E-state index contributed by atoms with van der Waals surface area (Å²) in [5.41, 5.74) is 6.48. The maximum atomic E-state index is 8.65. The van der Waals surface area contributed by atoms with E-state index in [0.717, 1.165) is 5.56 Å². The first-order chi connectivity index (χ1) is 4.75. The van der Waals surface area contributed by atoms with Gasteiger partial charge < -0.3 is 15.3 Å². The molecule has 0 bridgehead atoms. The first-order valence-corrected chi connectivity index (χ1v) is 3.16. The van der Waals surface area contributed by atoms with Gasteiger partial charge in [-0.15, -0.1) is 0 Å². The number of aryl methyl sites for hydroxylation is 1. The molecule has 0 amide bonds. The van der Waals surface area contributed by atoms with Crippen LogP contribution in [-0.4, -0.2) is 11.7 Å². The van der Waals surface area contributed by atoms with Crippen LogP contribution < -0.4 is 5.73 Å². The van der Waals surface area contributed by atoms with Gasteiger partial charge in [-0.05, 0) is 18.6 Å². The highest BCUT2D eigenvalue weighted by Crippen LogP contribution is 2.15. The van der Waals surface area contributed by atoms with Crippen LogP contribution in [0.1, 0.15) is 17.4 Å². The summed E-state index contributed by atoms with van der Waals surface area (Å²) in [6, 6.07) is 1.44. The third kappa shape index (κ3) is 1.20. The molecule has 56 valence electrons. The van der Waals surface area contributed by atoms with E-state index < -0.39 is 0 Å². The van der Waals surface area contributed by atoms with Crippen molar-refractivity contribution in [3.63, 3.8) is 0 Å². The van der Waals surface area contributed by atoms with E-state index in [-0.39, 0.29) is 12.6 Å². The van der Waals surface area contributed by atoms with Crippen LogP contribution in [-0.2, 0) is 0 Å². The summed E-state index contributed by atoms with van der Waals surface area (Å²) in [7, 11) is 0. The standard InChI is InChI=1S/C7H11NO2/c1-5-2-3-10-7(5)6(8)4-9/h2-3,6,9H,4,8H2,1H3. The van der Waals surface area contributed by atoms with E-state index >= 15 is 0 Å². The summed E-state index contributed by atoms with van der Waals surface area (Å²) < 4.78 is 5.03. The predicted octanol–water partition coefficient (Wildman–Crippen LogP) is 0.580. The van der Waals surface area contributed by atoms with Gasteiger partial charge >= 0.3 is 0 Å². The molecule has 0 aliphatic carbocycles. The number of nitrogens with two attached hydrogens (primary N) is 1. The molecule has 0 aliphatic rings. The molecule has 0 saturated heterocycles. The quantitative estimate of drug-likeness (QED) is 0.633. The van der Waals surface area contributed by atoms with Crippen LogP contribution in [0.4, 0.5) is 0 Å². The number of hydrogen-bond acceptors (Lipinski definition) is 3. The van der Waals surface area contributed by atoms with Crippen molar-refractivity contribution in [2.45, 2.75) is 13.0 Å². The van der Waals surface area contributed by atoms with Gasteiger partial charge in [-0.3, -0.25) is 0 Å². The molecule has 10 heavy (non-hydrogen) atoms. The first kappa shape index (κ1) is 7.31. The first-order valence-electron chi connectivity index (χ1n) is 3.16. The molecule has 3 N–H and O–H groups in total. The lowest BCUT2D eigenvalue weighted by molar-refractivity contribution is 0.251. The number of hydrogen-bond donors (Lipinski definition) is 2. The zero-order valence-corrected chi connectivity index (χ0v) is 5.87. The van der Waals surface area contributed by atoms with Crippen molar-refractivity contribution in [3.8, 4) is 0 Å². The molecule has 1 atom stereocenters. The molecule has 1 aromatic rings. The molecule has 1 heterocycles. The highest BCUT2D eigenvalue weighted by molar-refractivity contribution is 5.17. The fraction of sp³-hybridized carbons (Fsp3) is 0.429. The average molecular weight is 141 g/mol. The summed E-state index contributed by atoms with van der Waals surface area (Å²) in [6.45, 7) is 1.82. The van der Waals surface area contributed by atoms with Crippen LogP contribution in [0.15, 0.2) is 16.7 Å². The Labute approximate surface area is 59.5 Å². The maximum absolute atomic E-state index is 8.65. The molecule has 3 nitrogen and oxygen atoms in total. The second kappa shape index (κ2) is 2.86. The van der Waals surface area contributed by atoms with Gasteiger partial charge in [0, 0.05) is 0 Å². The van der Waals surface area contributed by atoms with E-state index in [0.29, 0.717) is 5.76 Å². The Morgan fingerprint density at radius 3 is 2.90 bits per heavy atom. The average Bonchev–Trinajstić information content (AvgIpc) is 2.34. The second-order valence-electron chi connectivity index (χ2n) is 2.26. The number of furan rings is 1. The lowest BCUT2D eigenvalue weighted by atomic mass is 10.2. The molecular weight excluding hydrogens is 130 g/mol.